The van der Waals surface area contributed by atoms with Gasteiger partial charge in [0.25, 0.3) is 0 Å². The Morgan fingerprint density at radius 1 is 0.871 bits per heavy atom. The Labute approximate surface area is 188 Å². The highest BCUT2D eigenvalue weighted by atomic mass is 19.3. The Morgan fingerprint density at radius 2 is 1.52 bits per heavy atom. The van der Waals surface area contributed by atoms with Gasteiger partial charge >= 0.3 is 6.61 Å². The average Bonchev–Trinajstić information content (AvgIpc) is 2.78. The van der Waals surface area contributed by atoms with E-state index in [2.05, 4.69) is 23.8 Å². The minimum absolute atomic E-state index is 0.254. The molecule has 1 aromatic carbocycles. The average molecular weight is 433 g/mol. The number of hydrogen-bond acceptors (Lipinski definition) is 1. The fourth-order valence-electron chi connectivity index (χ4n) is 5.68. The lowest BCUT2D eigenvalue weighted by Gasteiger charge is -2.29. The van der Waals surface area contributed by atoms with Gasteiger partial charge in [0.05, 0.1) is 0 Å². The summed E-state index contributed by atoms with van der Waals surface area (Å²) in [6.45, 7) is -0.455. The maximum atomic E-state index is 12.3. The fraction of sp³-hybridized carbons (Fsp3) is 0.714. The van der Waals surface area contributed by atoms with E-state index in [1.165, 1.54) is 95.5 Å². The molecule has 0 aliphatic heterocycles. The lowest BCUT2D eigenvalue weighted by Crippen LogP contribution is -2.14. The number of rotatable bonds is 11. The predicted molar refractivity (Wildman–Crippen MR) is 126 cm³/mol. The first kappa shape index (κ1) is 24.3. The van der Waals surface area contributed by atoms with E-state index in [0.29, 0.717) is 5.92 Å². The highest BCUT2D eigenvalue weighted by Gasteiger charge is 2.22. The van der Waals surface area contributed by atoms with E-state index in [-0.39, 0.29) is 5.75 Å². The van der Waals surface area contributed by atoms with Crippen molar-refractivity contribution in [2.75, 3.05) is 0 Å². The van der Waals surface area contributed by atoms with Crippen molar-refractivity contribution >= 4 is 0 Å². The van der Waals surface area contributed by atoms with Crippen molar-refractivity contribution in [3.05, 3.63) is 42.0 Å². The summed E-state index contributed by atoms with van der Waals surface area (Å²) in [6.07, 6.45) is 23.9. The monoisotopic (exact) mass is 432 g/mol. The molecule has 0 atom stereocenters. The topological polar surface area (TPSA) is 9.23 Å². The van der Waals surface area contributed by atoms with Gasteiger partial charge < -0.3 is 4.74 Å². The van der Waals surface area contributed by atoms with Gasteiger partial charge in [0.15, 0.2) is 0 Å². The first-order valence-electron chi connectivity index (χ1n) is 12.9. The number of halogens is 2. The van der Waals surface area contributed by atoms with Crippen LogP contribution in [0.15, 0.2) is 36.4 Å². The Balaban J connectivity index is 1.28. The van der Waals surface area contributed by atoms with Crippen LogP contribution in [0.4, 0.5) is 8.78 Å². The molecule has 0 heterocycles. The van der Waals surface area contributed by atoms with E-state index in [1.54, 1.807) is 12.1 Å². The van der Waals surface area contributed by atoms with Gasteiger partial charge in [-0.1, -0.05) is 56.9 Å². The minimum Gasteiger partial charge on any atom is -0.435 e. The second-order valence-corrected chi connectivity index (χ2v) is 9.95. The Morgan fingerprint density at radius 3 is 2.16 bits per heavy atom. The van der Waals surface area contributed by atoms with Crippen LogP contribution in [-0.4, -0.2) is 6.61 Å². The summed E-state index contributed by atoms with van der Waals surface area (Å²) in [7, 11) is 0. The second kappa shape index (κ2) is 13.2. The summed E-state index contributed by atoms with van der Waals surface area (Å²) in [6, 6.07) is 7.28. The van der Waals surface area contributed by atoms with Crippen LogP contribution in [0.25, 0.3) is 0 Å². The van der Waals surface area contributed by atoms with E-state index >= 15 is 0 Å². The zero-order valence-corrected chi connectivity index (χ0v) is 19.4. The Hall–Kier alpha value is -1.38. The number of ether oxygens (including phenoxy) is 1. The lowest BCUT2D eigenvalue weighted by molar-refractivity contribution is -0.0498. The molecule has 2 aliphatic rings. The molecular formula is C28H42F2O. The van der Waals surface area contributed by atoms with Crippen molar-refractivity contribution in [3.8, 4) is 5.75 Å². The molecule has 0 bridgehead atoms. The van der Waals surface area contributed by atoms with Crippen LogP contribution in [0.3, 0.4) is 0 Å². The van der Waals surface area contributed by atoms with Gasteiger partial charge in [-0.15, -0.1) is 0 Å². The molecule has 3 rings (SSSR count). The molecule has 3 heteroatoms. The lowest BCUT2D eigenvalue weighted by atomic mass is 9.77. The van der Waals surface area contributed by atoms with Crippen molar-refractivity contribution in [3.63, 3.8) is 0 Å². The summed E-state index contributed by atoms with van der Waals surface area (Å²) in [5.41, 5.74) is 1.27. The molecule has 0 amide bonds. The molecule has 2 fully saturated rings. The highest BCUT2D eigenvalue weighted by Crippen LogP contribution is 2.38. The molecule has 174 valence electrons. The van der Waals surface area contributed by atoms with Crippen LogP contribution >= 0.6 is 0 Å². The summed E-state index contributed by atoms with van der Waals surface area (Å²) >= 11 is 0. The third-order valence-electron chi connectivity index (χ3n) is 7.68. The standard InChI is InChI=1S/C28H42F2O/c1-2-3-4-7-22-10-12-23(13-11-22)8-5-6-9-24-14-16-25(17-15-24)26-18-20-27(21-19-26)31-28(29)30/h5,8,18-25,28H,2-4,6-7,9-17H2,1H3/b8-5+. The van der Waals surface area contributed by atoms with Crippen molar-refractivity contribution in [1.82, 2.24) is 0 Å². The van der Waals surface area contributed by atoms with E-state index in [0.717, 1.165) is 17.8 Å². The maximum absolute atomic E-state index is 12.3. The van der Waals surface area contributed by atoms with Gasteiger partial charge in [0.1, 0.15) is 5.75 Å². The zero-order chi connectivity index (χ0) is 21.9. The van der Waals surface area contributed by atoms with Gasteiger partial charge in [-0.25, -0.2) is 0 Å². The molecule has 0 unspecified atom stereocenters. The smallest absolute Gasteiger partial charge is 0.387 e. The molecule has 1 nitrogen and oxygen atoms in total. The van der Waals surface area contributed by atoms with E-state index in [9.17, 15) is 8.78 Å². The molecule has 0 radical (unpaired) electrons. The Kier molecular flexibility index (Phi) is 10.4. The van der Waals surface area contributed by atoms with Crippen LogP contribution in [0.1, 0.15) is 108 Å². The number of benzene rings is 1. The number of alkyl halides is 2. The first-order valence-corrected chi connectivity index (χ1v) is 12.9. The normalized spacial score (nSPS) is 27.1. The SMILES string of the molecule is CCCCCC1CCC(/C=C/CCC2CCC(c3ccc(OC(F)F)cc3)CC2)CC1. The predicted octanol–water partition coefficient (Wildman–Crippen LogP) is 9.28. The number of unbranched alkanes of at least 4 members (excludes halogenated alkanes) is 2. The van der Waals surface area contributed by atoms with Crippen LogP contribution in [0.2, 0.25) is 0 Å². The molecule has 0 saturated heterocycles. The third-order valence-corrected chi connectivity index (χ3v) is 7.68. The fourth-order valence-corrected chi connectivity index (χ4v) is 5.68. The summed E-state index contributed by atoms with van der Waals surface area (Å²) in [5.74, 6) is 3.50. The summed E-state index contributed by atoms with van der Waals surface area (Å²) in [5, 5.41) is 0. The molecular weight excluding hydrogens is 390 g/mol. The minimum atomic E-state index is -2.75. The molecule has 2 saturated carbocycles. The number of allylic oxidation sites excluding steroid dienone is 2. The van der Waals surface area contributed by atoms with Crippen LogP contribution in [0, 0.1) is 17.8 Å². The van der Waals surface area contributed by atoms with Gasteiger partial charge in [0.2, 0.25) is 0 Å². The van der Waals surface area contributed by atoms with E-state index in [1.807, 2.05) is 12.1 Å². The van der Waals surface area contributed by atoms with Crippen molar-refractivity contribution in [1.29, 1.82) is 0 Å². The first-order chi connectivity index (χ1) is 15.1. The second-order valence-electron chi connectivity index (χ2n) is 9.95. The summed E-state index contributed by atoms with van der Waals surface area (Å²) in [4.78, 5) is 0. The van der Waals surface area contributed by atoms with Gasteiger partial charge in [-0.3, -0.25) is 0 Å². The van der Waals surface area contributed by atoms with Crippen molar-refractivity contribution < 1.29 is 13.5 Å². The molecule has 1 aromatic rings. The quantitative estimate of drug-likeness (QED) is 0.250. The zero-order valence-electron chi connectivity index (χ0n) is 19.4. The van der Waals surface area contributed by atoms with E-state index < -0.39 is 6.61 Å². The maximum Gasteiger partial charge on any atom is 0.387 e. The molecule has 2 aliphatic carbocycles. The van der Waals surface area contributed by atoms with Crippen molar-refractivity contribution in [2.24, 2.45) is 17.8 Å². The van der Waals surface area contributed by atoms with Gasteiger partial charge in [0, 0.05) is 0 Å². The van der Waals surface area contributed by atoms with Crippen LogP contribution in [-0.2, 0) is 0 Å². The van der Waals surface area contributed by atoms with Crippen molar-refractivity contribution in [2.45, 2.75) is 109 Å². The molecule has 0 aromatic heterocycles. The van der Waals surface area contributed by atoms with Gasteiger partial charge in [-0.2, -0.15) is 8.78 Å². The third kappa shape index (κ3) is 8.58. The van der Waals surface area contributed by atoms with Crippen LogP contribution in [0.5, 0.6) is 5.75 Å². The number of hydrogen-bond donors (Lipinski definition) is 0. The van der Waals surface area contributed by atoms with Gasteiger partial charge in [-0.05, 0) is 106 Å². The largest absolute Gasteiger partial charge is 0.435 e. The van der Waals surface area contributed by atoms with Crippen LogP contribution < -0.4 is 4.74 Å². The molecule has 0 N–H and O–H groups in total. The summed E-state index contributed by atoms with van der Waals surface area (Å²) < 4.78 is 29.0. The Bertz CT molecular complexity index is 623. The molecule has 0 spiro atoms. The van der Waals surface area contributed by atoms with E-state index in [4.69, 9.17) is 0 Å². The molecule has 31 heavy (non-hydrogen) atoms. The highest BCUT2D eigenvalue weighted by molar-refractivity contribution is 5.29.